The van der Waals surface area contributed by atoms with Crippen molar-refractivity contribution < 1.29 is 9.53 Å². The van der Waals surface area contributed by atoms with Crippen LogP contribution in [0, 0.1) is 17.8 Å². The van der Waals surface area contributed by atoms with E-state index in [0.29, 0.717) is 23.9 Å². The minimum absolute atomic E-state index is 0.291. The fourth-order valence-corrected chi connectivity index (χ4v) is 23.3. The van der Waals surface area contributed by atoms with Crippen LogP contribution in [-0.2, 0) is 9.53 Å². The van der Waals surface area contributed by atoms with Gasteiger partial charge in [0, 0.05) is 0 Å². The van der Waals surface area contributed by atoms with E-state index in [0.717, 1.165) is 13.0 Å². The Morgan fingerprint density at radius 3 is 2.08 bits per heavy atom. The average molecular weight is 457 g/mol. The first kappa shape index (κ1) is 21.7. The van der Waals surface area contributed by atoms with Crippen molar-refractivity contribution in [2.45, 2.75) is 102 Å². The molecule has 0 radical (unpaired) electrons. The molecule has 25 heavy (non-hydrogen) atoms. The predicted molar refractivity (Wildman–Crippen MR) is 110 cm³/mol. The van der Waals surface area contributed by atoms with Crippen molar-refractivity contribution in [2.24, 2.45) is 17.8 Å². The van der Waals surface area contributed by atoms with E-state index < -0.39 is 18.4 Å². The summed E-state index contributed by atoms with van der Waals surface area (Å²) in [7, 11) is 0. The summed E-state index contributed by atoms with van der Waals surface area (Å²) in [6, 6.07) is 0. The second-order valence-corrected chi connectivity index (χ2v) is 23.0. The first-order valence-electron chi connectivity index (χ1n) is 11.3. The van der Waals surface area contributed by atoms with Gasteiger partial charge in [-0.25, -0.2) is 0 Å². The number of ether oxygens (including phenoxy) is 1. The molecule has 0 spiro atoms. The number of carbonyl (C=O) groups is 1. The number of hydrogen-bond donors (Lipinski definition) is 0. The van der Waals surface area contributed by atoms with E-state index in [9.17, 15) is 4.79 Å². The molecule has 2 rings (SSSR count). The summed E-state index contributed by atoms with van der Waals surface area (Å²) >= 11 is -2.13. The van der Waals surface area contributed by atoms with Crippen LogP contribution >= 0.6 is 0 Å². The molecule has 0 bridgehead atoms. The molecule has 0 aromatic carbocycles. The second-order valence-electron chi connectivity index (χ2n) is 8.95. The molecule has 2 nitrogen and oxygen atoms in total. The van der Waals surface area contributed by atoms with Crippen LogP contribution in [0.2, 0.25) is 17.7 Å². The molecule has 0 N–H and O–H groups in total. The van der Waals surface area contributed by atoms with Gasteiger partial charge in [0.15, 0.2) is 0 Å². The van der Waals surface area contributed by atoms with E-state index in [1.54, 1.807) is 13.3 Å². The standard InChI is InChI=1S/C10H15O2.3C4H9.Sn/c1-7-6-12-9-4-2-3-8(5-11)10(7)9;3*1-3-4-2;/h5,7-10H,1-4,6H2;3*1,3-4H2,2H3;/t7-,8-,9+,10-;;;;/m1..../s1. The van der Waals surface area contributed by atoms with Crippen LogP contribution in [0.4, 0.5) is 0 Å². The van der Waals surface area contributed by atoms with Crippen molar-refractivity contribution in [2.75, 3.05) is 6.61 Å². The van der Waals surface area contributed by atoms with E-state index in [1.165, 1.54) is 62.1 Å². The molecule has 0 amide bonds. The summed E-state index contributed by atoms with van der Waals surface area (Å²) in [6.45, 7) is 8.03. The summed E-state index contributed by atoms with van der Waals surface area (Å²) in [6.07, 6.45) is 13.6. The van der Waals surface area contributed by atoms with Gasteiger partial charge in [0.05, 0.1) is 0 Å². The predicted octanol–water partition coefficient (Wildman–Crippen LogP) is 6.47. The molecule has 2 aliphatic rings. The molecule has 1 saturated carbocycles. The van der Waals surface area contributed by atoms with E-state index in [-0.39, 0.29) is 0 Å². The van der Waals surface area contributed by atoms with Crippen molar-refractivity contribution in [1.82, 2.24) is 0 Å². The molecule has 146 valence electrons. The van der Waals surface area contributed by atoms with Gasteiger partial charge in [0.2, 0.25) is 0 Å². The summed E-state index contributed by atoms with van der Waals surface area (Å²) in [5.74, 6) is 1.56. The second kappa shape index (κ2) is 11.3. The van der Waals surface area contributed by atoms with Gasteiger partial charge in [-0.1, -0.05) is 0 Å². The van der Waals surface area contributed by atoms with Crippen molar-refractivity contribution in [3.8, 4) is 0 Å². The minimum atomic E-state index is -2.13. The van der Waals surface area contributed by atoms with Gasteiger partial charge in [0.25, 0.3) is 0 Å². The van der Waals surface area contributed by atoms with Crippen LogP contribution < -0.4 is 0 Å². The number of rotatable bonds is 12. The van der Waals surface area contributed by atoms with Crippen LogP contribution in [0.5, 0.6) is 0 Å². The Morgan fingerprint density at radius 2 is 1.56 bits per heavy atom. The molecule has 1 saturated heterocycles. The Hall–Kier alpha value is 0.429. The Labute approximate surface area is 160 Å². The Balaban J connectivity index is 2.13. The van der Waals surface area contributed by atoms with Crippen molar-refractivity contribution in [1.29, 1.82) is 0 Å². The average Bonchev–Trinajstić information content (AvgIpc) is 3.05. The number of unbranched alkanes of at least 4 members (excludes halogenated alkanes) is 3. The third-order valence-corrected chi connectivity index (χ3v) is 23.1. The van der Waals surface area contributed by atoms with Crippen LogP contribution in [0.3, 0.4) is 0 Å². The summed E-state index contributed by atoms with van der Waals surface area (Å²) in [5.41, 5.74) is 0. The number of carbonyl (C=O) groups excluding carboxylic acids is 1. The third kappa shape index (κ3) is 5.95. The van der Waals surface area contributed by atoms with Gasteiger partial charge in [-0.05, 0) is 0 Å². The van der Waals surface area contributed by atoms with Gasteiger partial charge in [-0.3, -0.25) is 0 Å². The zero-order valence-corrected chi connectivity index (χ0v) is 20.0. The fraction of sp³-hybridized carbons (Fsp3) is 0.955. The van der Waals surface area contributed by atoms with Gasteiger partial charge in [-0.2, -0.15) is 0 Å². The molecule has 2 fully saturated rings. The molecule has 1 heterocycles. The molecular weight excluding hydrogens is 415 g/mol. The van der Waals surface area contributed by atoms with Crippen LogP contribution in [0.25, 0.3) is 0 Å². The molecular formula is C22H42O2Sn. The normalized spacial score (nSPS) is 29.6. The van der Waals surface area contributed by atoms with Gasteiger partial charge >= 0.3 is 161 Å². The quantitative estimate of drug-likeness (QED) is 0.248. The number of fused-ring (bicyclic) bond motifs is 1. The van der Waals surface area contributed by atoms with Gasteiger partial charge in [0.1, 0.15) is 0 Å². The maximum atomic E-state index is 11.7. The zero-order valence-electron chi connectivity index (χ0n) is 17.1. The van der Waals surface area contributed by atoms with Crippen LogP contribution in [0.1, 0.15) is 78.6 Å². The van der Waals surface area contributed by atoms with Crippen LogP contribution in [0.15, 0.2) is 0 Å². The molecule has 3 heteroatoms. The van der Waals surface area contributed by atoms with E-state index in [2.05, 4.69) is 20.8 Å². The van der Waals surface area contributed by atoms with E-state index in [4.69, 9.17) is 4.74 Å². The van der Waals surface area contributed by atoms with Crippen molar-refractivity contribution in [3.05, 3.63) is 0 Å². The topological polar surface area (TPSA) is 26.3 Å². The summed E-state index contributed by atoms with van der Waals surface area (Å²) < 4.78 is 12.5. The SMILES string of the molecule is CCC[CH2][Sn]([CH2]CCC)([CH2]CCC)[CH2][C@@H]1CO[C@H]2CCC[C@H](C=O)[C@@H]12. The molecule has 4 atom stereocenters. The zero-order chi connectivity index (χ0) is 18.1. The number of hydrogen-bond acceptors (Lipinski definition) is 2. The Bertz CT molecular complexity index is 362. The summed E-state index contributed by atoms with van der Waals surface area (Å²) in [5, 5.41) is 0. The van der Waals surface area contributed by atoms with Crippen molar-refractivity contribution >= 4 is 24.7 Å². The maximum absolute atomic E-state index is 11.7. The van der Waals surface area contributed by atoms with Gasteiger partial charge < -0.3 is 0 Å². The third-order valence-electron chi connectivity index (χ3n) is 7.07. The summed E-state index contributed by atoms with van der Waals surface area (Å²) in [4.78, 5) is 11.7. The van der Waals surface area contributed by atoms with E-state index >= 15 is 0 Å². The molecule has 0 aromatic rings. The fourth-order valence-electron chi connectivity index (χ4n) is 5.67. The van der Waals surface area contributed by atoms with Crippen molar-refractivity contribution in [3.63, 3.8) is 0 Å². The monoisotopic (exact) mass is 458 g/mol. The van der Waals surface area contributed by atoms with Gasteiger partial charge in [-0.15, -0.1) is 0 Å². The molecule has 0 unspecified atom stereocenters. The Morgan fingerprint density at radius 1 is 0.960 bits per heavy atom. The Kier molecular flexibility index (Phi) is 9.83. The van der Waals surface area contributed by atoms with Crippen LogP contribution in [-0.4, -0.2) is 37.4 Å². The first-order valence-corrected chi connectivity index (χ1v) is 19.3. The van der Waals surface area contributed by atoms with E-state index in [1.807, 2.05) is 0 Å². The molecule has 1 aliphatic carbocycles. The number of aldehydes is 1. The molecule has 0 aromatic heterocycles. The first-order chi connectivity index (χ1) is 12.2. The molecule has 1 aliphatic heterocycles.